The normalized spacial score (nSPS) is 20.5. The van der Waals surface area contributed by atoms with Crippen LogP contribution in [0.15, 0.2) is 24.3 Å². The van der Waals surface area contributed by atoms with Gasteiger partial charge in [-0.05, 0) is 24.6 Å². The second-order valence-electron chi connectivity index (χ2n) is 3.47. The van der Waals surface area contributed by atoms with Gasteiger partial charge in [0.25, 0.3) is 0 Å². The van der Waals surface area contributed by atoms with Crippen LogP contribution in [0.4, 0.5) is 4.79 Å². The smallest absolute Gasteiger partial charge is 0.410 e. The zero-order valence-corrected chi connectivity index (χ0v) is 9.20. The summed E-state index contributed by atoms with van der Waals surface area (Å²) in [5.41, 5.74) is 0.951. The van der Waals surface area contributed by atoms with Crippen molar-refractivity contribution in [2.75, 3.05) is 13.1 Å². The van der Waals surface area contributed by atoms with Crippen LogP contribution in [0.1, 0.15) is 18.6 Å². The summed E-state index contributed by atoms with van der Waals surface area (Å²) < 4.78 is 5.23. The van der Waals surface area contributed by atoms with Gasteiger partial charge in [-0.2, -0.15) is 0 Å². The third-order valence-corrected chi connectivity index (χ3v) is 2.72. The molecule has 1 aromatic carbocycles. The molecule has 1 aromatic rings. The highest BCUT2D eigenvalue weighted by molar-refractivity contribution is 6.30. The van der Waals surface area contributed by atoms with Crippen LogP contribution in [0, 0.1) is 0 Å². The van der Waals surface area contributed by atoms with Crippen molar-refractivity contribution in [1.82, 2.24) is 4.90 Å². The predicted molar refractivity (Wildman–Crippen MR) is 57.9 cm³/mol. The van der Waals surface area contributed by atoms with E-state index in [0.717, 1.165) is 5.56 Å². The van der Waals surface area contributed by atoms with Gasteiger partial charge in [-0.1, -0.05) is 23.7 Å². The quantitative estimate of drug-likeness (QED) is 0.775. The summed E-state index contributed by atoms with van der Waals surface area (Å²) in [6.07, 6.45) is -0.432. The average Bonchev–Trinajstić information content (AvgIpc) is 2.60. The SMILES string of the molecule is CCN1C[C@@H](c2cccc(Cl)c2)OC1=O. The monoisotopic (exact) mass is 225 g/mol. The zero-order chi connectivity index (χ0) is 10.8. The number of benzene rings is 1. The Morgan fingerprint density at radius 1 is 1.60 bits per heavy atom. The Hall–Kier alpha value is -1.22. The fraction of sp³-hybridized carbons (Fsp3) is 0.364. The second-order valence-corrected chi connectivity index (χ2v) is 3.90. The molecule has 80 valence electrons. The van der Waals surface area contributed by atoms with Gasteiger partial charge < -0.3 is 9.64 Å². The first-order valence-electron chi connectivity index (χ1n) is 4.91. The van der Waals surface area contributed by atoms with Gasteiger partial charge in [0, 0.05) is 11.6 Å². The topological polar surface area (TPSA) is 29.5 Å². The van der Waals surface area contributed by atoms with E-state index in [2.05, 4.69) is 0 Å². The maximum Gasteiger partial charge on any atom is 0.410 e. The van der Waals surface area contributed by atoms with Gasteiger partial charge in [-0.15, -0.1) is 0 Å². The number of likely N-dealkylation sites (N-methyl/N-ethyl adjacent to an activating group) is 1. The van der Waals surface area contributed by atoms with Crippen molar-refractivity contribution in [2.45, 2.75) is 13.0 Å². The van der Waals surface area contributed by atoms with Crippen molar-refractivity contribution in [3.05, 3.63) is 34.9 Å². The summed E-state index contributed by atoms with van der Waals surface area (Å²) in [6.45, 7) is 3.22. The number of hydrogen-bond donors (Lipinski definition) is 0. The minimum Gasteiger partial charge on any atom is -0.439 e. The molecule has 0 unspecified atom stereocenters. The van der Waals surface area contributed by atoms with Crippen molar-refractivity contribution in [2.24, 2.45) is 0 Å². The third-order valence-electron chi connectivity index (χ3n) is 2.49. The molecule has 1 saturated heterocycles. The highest BCUT2D eigenvalue weighted by atomic mass is 35.5. The molecule has 0 aliphatic carbocycles. The summed E-state index contributed by atoms with van der Waals surface area (Å²) >= 11 is 5.88. The van der Waals surface area contributed by atoms with Crippen molar-refractivity contribution in [3.8, 4) is 0 Å². The maximum absolute atomic E-state index is 11.3. The number of amides is 1. The Bertz CT molecular complexity index is 381. The summed E-state index contributed by atoms with van der Waals surface area (Å²) in [5, 5.41) is 0.665. The van der Waals surface area contributed by atoms with E-state index in [1.165, 1.54) is 0 Å². The average molecular weight is 226 g/mol. The van der Waals surface area contributed by atoms with Gasteiger partial charge in [0.05, 0.1) is 6.54 Å². The third kappa shape index (κ3) is 2.07. The first-order valence-corrected chi connectivity index (χ1v) is 5.29. The standard InChI is InChI=1S/C11H12ClNO2/c1-2-13-7-10(15-11(13)14)8-4-3-5-9(12)6-8/h3-6,10H,2,7H2,1H3/t10-/m0/s1. The van der Waals surface area contributed by atoms with Crippen LogP contribution < -0.4 is 0 Å². The Balaban J connectivity index is 2.17. The van der Waals surface area contributed by atoms with Crippen LogP contribution in [0.5, 0.6) is 0 Å². The molecular formula is C11H12ClNO2. The van der Waals surface area contributed by atoms with Crippen molar-refractivity contribution in [3.63, 3.8) is 0 Å². The molecule has 0 bridgehead atoms. The van der Waals surface area contributed by atoms with Gasteiger partial charge in [0.2, 0.25) is 0 Å². The summed E-state index contributed by atoms with van der Waals surface area (Å²) in [4.78, 5) is 13.0. The first-order chi connectivity index (χ1) is 7.20. The molecule has 1 aliphatic heterocycles. The second kappa shape index (κ2) is 4.11. The molecule has 4 heteroatoms. The van der Waals surface area contributed by atoms with Crippen LogP contribution >= 0.6 is 11.6 Å². The fourth-order valence-electron chi connectivity index (χ4n) is 1.65. The highest BCUT2D eigenvalue weighted by Crippen LogP contribution is 2.27. The lowest BCUT2D eigenvalue weighted by molar-refractivity contribution is 0.133. The van der Waals surface area contributed by atoms with Crippen LogP contribution in [0.25, 0.3) is 0 Å². The van der Waals surface area contributed by atoms with Gasteiger partial charge >= 0.3 is 6.09 Å². The molecule has 0 radical (unpaired) electrons. The van der Waals surface area contributed by atoms with E-state index in [9.17, 15) is 4.79 Å². The molecule has 1 aliphatic rings. The minimum atomic E-state index is -0.248. The molecular weight excluding hydrogens is 214 g/mol. The van der Waals surface area contributed by atoms with Crippen molar-refractivity contribution in [1.29, 1.82) is 0 Å². The van der Waals surface area contributed by atoms with Gasteiger partial charge in [0.15, 0.2) is 0 Å². The van der Waals surface area contributed by atoms with Crippen LogP contribution in [0.2, 0.25) is 5.02 Å². The van der Waals surface area contributed by atoms with Gasteiger partial charge in [0.1, 0.15) is 6.10 Å². The lowest BCUT2D eigenvalue weighted by atomic mass is 10.1. The van der Waals surface area contributed by atoms with E-state index in [-0.39, 0.29) is 12.2 Å². The number of halogens is 1. The van der Waals surface area contributed by atoms with E-state index in [0.29, 0.717) is 18.1 Å². The number of carbonyl (C=O) groups is 1. The fourth-order valence-corrected chi connectivity index (χ4v) is 1.85. The van der Waals surface area contributed by atoms with E-state index >= 15 is 0 Å². The summed E-state index contributed by atoms with van der Waals surface area (Å²) in [7, 11) is 0. The van der Waals surface area contributed by atoms with E-state index < -0.39 is 0 Å². The van der Waals surface area contributed by atoms with Gasteiger partial charge in [-0.3, -0.25) is 0 Å². The first kappa shape index (κ1) is 10.3. The molecule has 0 aromatic heterocycles. The summed E-state index contributed by atoms with van der Waals surface area (Å²) in [5.74, 6) is 0. The molecule has 0 N–H and O–H groups in total. The Labute approximate surface area is 93.6 Å². The molecule has 15 heavy (non-hydrogen) atoms. The van der Waals surface area contributed by atoms with Crippen LogP contribution in [-0.2, 0) is 4.74 Å². The zero-order valence-electron chi connectivity index (χ0n) is 8.44. The number of ether oxygens (including phenoxy) is 1. The number of cyclic esters (lactones) is 1. The predicted octanol–water partition coefficient (Wildman–Crippen LogP) is 2.85. The molecule has 0 spiro atoms. The van der Waals surface area contributed by atoms with Gasteiger partial charge in [-0.25, -0.2) is 4.79 Å². The number of rotatable bonds is 2. The Kier molecular flexibility index (Phi) is 2.82. The molecule has 1 amide bonds. The highest BCUT2D eigenvalue weighted by Gasteiger charge is 2.30. The minimum absolute atomic E-state index is 0.184. The molecule has 0 saturated carbocycles. The number of nitrogens with zero attached hydrogens (tertiary/aromatic N) is 1. The van der Waals surface area contributed by atoms with E-state index in [4.69, 9.17) is 16.3 Å². The molecule has 1 heterocycles. The van der Waals surface area contributed by atoms with Crippen LogP contribution in [0.3, 0.4) is 0 Å². The largest absolute Gasteiger partial charge is 0.439 e. The number of hydrogen-bond acceptors (Lipinski definition) is 2. The maximum atomic E-state index is 11.3. The lowest BCUT2D eigenvalue weighted by Crippen LogP contribution is -2.23. The summed E-state index contributed by atoms with van der Waals surface area (Å²) in [6, 6.07) is 7.42. The molecule has 1 atom stereocenters. The van der Waals surface area contributed by atoms with Crippen LogP contribution in [-0.4, -0.2) is 24.1 Å². The Morgan fingerprint density at radius 2 is 2.40 bits per heavy atom. The molecule has 1 fully saturated rings. The van der Waals surface area contributed by atoms with E-state index in [1.807, 2.05) is 25.1 Å². The van der Waals surface area contributed by atoms with E-state index in [1.54, 1.807) is 11.0 Å². The Morgan fingerprint density at radius 3 is 3.00 bits per heavy atom. The van der Waals surface area contributed by atoms with Crippen molar-refractivity contribution >= 4 is 17.7 Å². The molecule has 2 rings (SSSR count). The number of carbonyl (C=O) groups excluding carboxylic acids is 1. The lowest BCUT2D eigenvalue weighted by Gasteiger charge is -2.09. The molecule has 3 nitrogen and oxygen atoms in total. The van der Waals surface area contributed by atoms with Crippen molar-refractivity contribution < 1.29 is 9.53 Å².